The van der Waals surface area contributed by atoms with E-state index in [0.717, 1.165) is 44.2 Å². The van der Waals surface area contributed by atoms with E-state index in [1.807, 2.05) is 20.0 Å². The van der Waals surface area contributed by atoms with Crippen LogP contribution in [0.2, 0.25) is 0 Å². The number of hydrogen-bond acceptors (Lipinski definition) is 4. The van der Waals surface area contributed by atoms with Crippen LogP contribution >= 0.6 is 0 Å². The molecule has 2 N–H and O–H groups in total. The monoisotopic (exact) mass is 368 g/mol. The molecule has 140 valence electrons. The van der Waals surface area contributed by atoms with E-state index in [4.69, 9.17) is 4.74 Å². The van der Waals surface area contributed by atoms with Gasteiger partial charge in [0.05, 0.1) is 18.0 Å². The van der Waals surface area contributed by atoms with E-state index in [0.29, 0.717) is 12.5 Å². The number of guanidine groups is 1. The number of nitrogens with one attached hydrogen (secondary N) is 2. The number of sulfonamides is 1. The third kappa shape index (κ3) is 5.69. The predicted molar refractivity (Wildman–Crippen MR) is 99.1 cm³/mol. The van der Waals surface area contributed by atoms with Gasteiger partial charge in [-0.1, -0.05) is 12.1 Å². The van der Waals surface area contributed by atoms with E-state index < -0.39 is 10.0 Å². The summed E-state index contributed by atoms with van der Waals surface area (Å²) in [6.07, 6.45) is 1.08. The van der Waals surface area contributed by atoms with Crippen LogP contribution in [-0.2, 0) is 21.3 Å². The molecule has 1 aromatic carbocycles. The van der Waals surface area contributed by atoms with E-state index in [1.165, 1.54) is 7.05 Å². The minimum absolute atomic E-state index is 0.254. The van der Waals surface area contributed by atoms with Crippen molar-refractivity contribution in [2.75, 3.05) is 40.4 Å². The smallest absolute Gasteiger partial charge is 0.240 e. The fourth-order valence-electron chi connectivity index (χ4n) is 2.77. The van der Waals surface area contributed by atoms with Gasteiger partial charge in [0.1, 0.15) is 0 Å². The molecule has 1 aromatic rings. The standard InChI is InChI=1S/C17H28N4O3S/c1-4-19-17(21(3)12-15-8-9-24-13-15)20-11-14-6-5-7-16(10-14)25(22,23)18-2/h5-7,10,15,18H,4,8-9,11-13H2,1-3H3,(H,19,20). The maximum absolute atomic E-state index is 11.9. The molecular formula is C17H28N4O3S. The number of benzene rings is 1. The topological polar surface area (TPSA) is 83.0 Å². The van der Waals surface area contributed by atoms with Crippen LogP contribution in [0.25, 0.3) is 0 Å². The van der Waals surface area contributed by atoms with Gasteiger partial charge in [-0.3, -0.25) is 0 Å². The Morgan fingerprint density at radius 2 is 2.24 bits per heavy atom. The van der Waals surface area contributed by atoms with Gasteiger partial charge < -0.3 is 15.0 Å². The largest absolute Gasteiger partial charge is 0.381 e. The fraction of sp³-hybridized carbons (Fsp3) is 0.588. The molecule has 1 atom stereocenters. The van der Waals surface area contributed by atoms with Crippen molar-refractivity contribution in [3.8, 4) is 0 Å². The van der Waals surface area contributed by atoms with Gasteiger partial charge in [0.25, 0.3) is 0 Å². The molecule has 8 heteroatoms. The van der Waals surface area contributed by atoms with Gasteiger partial charge in [-0.25, -0.2) is 18.1 Å². The van der Waals surface area contributed by atoms with E-state index >= 15 is 0 Å². The second kappa shape index (κ2) is 9.17. The summed E-state index contributed by atoms with van der Waals surface area (Å²) in [7, 11) is -0.0165. The van der Waals surface area contributed by atoms with Crippen LogP contribution in [0, 0.1) is 5.92 Å². The van der Waals surface area contributed by atoms with Crippen LogP contribution < -0.4 is 10.0 Å². The summed E-state index contributed by atoms with van der Waals surface area (Å²) < 4.78 is 31.6. The minimum Gasteiger partial charge on any atom is -0.381 e. The normalized spacial score (nSPS) is 18.4. The summed E-state index contributed by atoms with van der Waals surface area (Å²) in [4.78, 5) is 7.01. The lowest BCUT2D eigenvalue weighted by Crippen LogP contribution is -2.41. The summed E-state index contributed by atoms with van der Waals surface area (Å²) >= 11 is 0. The molecule has 0 aromatic heterocycles. The number of hydrogen-bond donors (Lipinski definition) is 2. The summed E-state index contributed by atoms with van der Waals surface area (Å²) in [5.41, 5.74) is 0.851. The van der Waals surface area contributed by atoms with Crippen molar-refractivity contribution >= 4 is 16.0 Å². The first-order valence-corrected chi connectivity index (χ1v) is 10.0. The highest BCUT2D eigenvalue weighted by molar-refractivity contribution is 7.89. The molecule has 2 rings (SSSR count). The third-order valence-electron chi connectivity index (χ3n) is 4.14. The Balaban J connectivity index is 2.08. The maximum atomic E-state index is 11.9. The van der Waals surface area contributed by atoms with Crippen LogP contribution in [0.15, 0.2) is 34.2 Å². The van der Waals surface area contributed by atoms with E-state index in [9.17, 15) is 8.42 Å². The minimum atomic E-state index is -3.44. The first kappa shape index (κ1) is 19.7. The van der Waals surface area contributed by atoms with Gasteiger partial charge in [0.15, 0.2) is 5.96 Å². The molecule has 0 amide bonds. The lowest BCUT2D eigenvalue weighted by atomic mass is 10.1. The van der Waals surface area contributed by atoms with Gasteiger partial charge in [-0.05, 0) is 38.1 Å². The molecule has 0 saturated carbocycles. The first-order chi connectivity index (χ1) is 12.0. The second-order valence-electron chi connectivity index (χ2n) is 6.14. The van der Waals surface area contributed by atoms with Gasteiger partial charge in [-0.2, -0.15) is 0 Å². The molecule has 0 bridgehead atoms. The third-order valence-corrected chi connectivity index (χ3v) is 5.55. The average molecular weight is 369 g/mol. The Hall–Kier alpha value is -1.64. The predicted octanol–water partition coefficient (Wildman–Crippen LogP) is 1.03. The zero-order valence-electron chi connectivity index (χ0n) is 15.2. The molecule has 1 aliphatic heterocycles. The summed E-state index contributed by atoms with van der Waals surface area (Å²) in [6.45, 7) is 5.74. The zero-order valence-corrected chi connectivity index (χ0v) is 16.0. The second-order valence-corrected chi connectivity index (χ2v) is 8.02. The molecule has 0 spiro atoms. The van der Waals surface area contributed by atoms with Crippen LogP contribution in [0.5, 0.6) is 0 Å². The molecule has 1 heterocycles. The molecule has 1 unspecified atom stereocenters. The highest BCUT2D eigenvalue weighted by Gasteiger charge is 2.19. The fourth-order valence-corrected chi connectivity index (χ4v) is 3.57. The first-order valence-electron chi connectivity index (χ1n) is 8.56. The Morgan fingerprint density at radius 3 is 2.88 bits per heavy atom. The van der Waals surface area contributed by atoms with Crippen molar-refractivity contribution in [1.82, 2.24) is 14.9 Å². The van der Waals surface area contributed by atoms with Crippen molar-refractivity contribution in [2.45, 2.75) is 24.8 Å². The van der Waals surface area contributed by atoms with Crippen molar-refractivity contribution in [3.63, 3.8) is 0 Å². The highest BCUT2D eigenvalue weighted by Crippen LogP contribution is 2.14. The number of rotatable bonds is 7. The Bertz CT molecular complexity index is 685. The van der Waals surface area contributed by atoms with Crippen LogP contribution in [0.3, 0.4) is 0 Å². The molecular weight excluding hydrogens is 340 g/mol. The molecule has 1 fully saturated rings. The van der Waals surface area contributed by atoms with Crippen molar-refractivity contribution < 1.29 is 13.2 Å². The number of nitrogens with zero attached hydrogens (tertiary/aromatic N) is 2. The van der Waals surface area contributed by atoms with Gasteiger partial charge in [0, 0.05) is 32.7 Å². The SMILES string of the molecule is CCNC(=NCc1cccc(S(=O)(=O)NC)c1)N(C)CC1CCOC1. The van der Waals surface area contributed by atoms with Gasteiger partial charge >= 0.3 is 0 Å². The van der Waals surface area contributed by atoms with Crippen molar-refractivity contribution in [1.29, 1.82) is 0 Å². The van der Waals surface area contributed by atoms with E-state index in [2.05, 4.69) is 19.9 Å². The number of ether oxygens (including phenoxy) is 1. The van der Waals surface area contributed by atoms with Crippen molar-refractivity contribution in [3.05, 3.63) is 29.8 Å². The summed E-state index contributed by atoms with van der Waals surface area (Å²) in [5, 5.41) is 3.29. The van der Waals surface area contributed by atoms with E-state index in [-0.39, 0.29) is 4.90 Å². The number of aliphatic imine (C=N–C) groups is 1. The summed E-state index contributed by atoms with van der Waals surface area (Å²) in [5.74, 6) is 1.34. The Morgan fingerprint density at radius 1 is 1.44 bits per heavy atom. The average Bonchev–Trinajstić information content (AvgIpc) is 3.11. The molecule has 0 aliphatic carbocycles. The zero-order chi connectivity index (χ0) is 18.3. The van der Waals surface area contributed by atoms with Crippen molar-refractivity contribution in [2.24, 2.45) is 10.9 Å². The van der Waals surface area contributed by atoms with Gasteiger partial charge in [0.2, 0.25) is 10.0 Å². The quantitative estimate of drug-likeness (QED) is 0.555. The van der Waals surface area contributed by atoms with Crippen LogP contribution in [0.1, 0.15) is 18.9 Å². The molecule has 7 nitrogen and oxygen atoms in total. The molecule has 0 radical (unpaired) electrons. The van der Waals surface area contributed by atoms with Crippen LogP contribution in [-0.4, -0.2) is 59.7 Å². The van der Waals surface area contributed by atoms with Crippen LogP contribution in [0.4, 0.5) is 0 Å². The lowest BCUT2D eigenvalue weighted by Gasteiger charge is -2.24. The maximum Gasteiger partial charge on any atom is 0.240 e. The molecule has 1 aliphatic rings. The van der Waals surface area contributed by atoms with Gasteiger partial charge in [-0.15, -0.1) is 0 Å². The Labute approximate surface area is 150 Å². The molecule has 25 heavy (non-hydrogen) atoms. The van der Waals surface area contributed by atoms with E-state index in [1.54, 1.807) is 18.2 Å². The lowest BCUT2D eigenvalue weighted by molar-refractivity contribution is 0.181. The summed E-state index contributed by atoms with van der Waals surface area (Å²) in [6, 6.07) is 6.86. The highest BCUT2D eigenvalue weighted by atomic mass is 32.2. The molecule has 1 saturated heterocycles. The Kier molecular flexibility index (Phi) is 7.22.